The zero-order valence-electron chi connectivity index (χ0n) is 11.3. The number of rotatable bonds is 2. The van der Waals surface area contributed by atoms with Gasteiger partial charge in [0.2, 0.25) is 0 Å². The lowest BCUT2D eigenvalue weighted by molar-refractivity contribution is -0.119. The van der Waals surface area contributed by atoms with Crippen LogP contribution in [-0.4, -0.2) is 10.8 Å². The molecule has 0 spiro atoms. The molecule has 2 aromatic rings. The van der Waals surface area contributed by atoms with Gasteiger partial charge in [0.1, 0.15) is 0 Å². The van der Waals surface area contributed by atoms with E-state index in [9.17, 15) is 9.59 Å². The average Bonchev–Trinajstić information content (AvgIpc) is 2.86. The van der Waals surface area contributed by atoms with Crippen molar-refractivity contribution in [3.8, 4) is 0 Å². The first-order valence-corrected chi connectivity index (χ1v) is 8.41. The van der Waals surface area contributed by atoms with Crippen molar-refractivity contribution in [3.05, 3.63) is 40.3 Å². The summed E-state index contributed by atoms with van der Waals surface area (Å²) in [7, 11) is 0. The molecule has 0 amide bonds. The maximum Gasteiger partial charge on any atom is 0.266 e. The van der Waals surface area contributed by atoms with E-state index in [2.05, 4.69) is 20.9 Å². The Balaban J connectivity index is 2.45. The highest BCUT2D eigenvalue weighted by Crippen LogP contribution is 2.22. The van der Waals surface area contributed by atoms with E-state index in [4.69, 9.17) is 0 Å². The highest BCUT2D eigenvalue weighted by atomic mass is 79.9. The summed E-state index contributed by atoms with van der Waals surface area (Å²) in [5.41, 5.74) is -0.601. The Morgan fingerprint density at radius 1 is 1.30 bits per heavy atom. The molecule has 0 unspecified atom stereocenters. The minimum absolute atomic E-state index is 0.000387. The van der Waals surface area contributed by atoms with Gasteiger partial charge in [-0.1, -0.05) is 20.8 Å². The van der Waals surface area contributed by atoms with Gasteiger partial charge in [0.25, 0.3) is 5.56 Å². The fraction of sp³-hybridized carbons (Fsp3) is 0.286. The van der Waals surface area contributed by atoms with Gasteiger partial charge in [-0.05, 0) is 34.1 Å². The molecule has 2 aromatic heterocycles. The molecule has 6 heteroatoms. The third-order valence-electron chi connectivity index (χ3n) is 2.55. The highest BCUT2D eigenvalue weighted by molar-refractivity contribution is 9.11. The Labute approximate surface area is 132 Å². The lowest BCUT2D eigenvalue weighted by Crippen LogP contribution is -2.21. The Morgan fingerprint density at radius 2 is 2.00 bits per heavy atom. The normalized spacial score (nSPS) is 14.0. The number of aromatic nitrogens is 1. The summed E-state index contributed by atoms with van der Waals surface area (Å²) in [6.07, 6.45) is 3.34. The molecule has 2 rings (SSSR count). The molecule has 1 N–H and O–H groups in total. The molecule has 0 aliphatic rings. The molecule has 3 nitrogen and oxygen atoms in total. The molecule has 0 atom stereocenters. The fourth-order valence-electron chi connectivity index (χ4n) is 1.40. The maximum absolute atomic E-state index is 11.9. The second-order valence-electron chi connectivity index (χ2n) is 5.33. The Hall–Kier alpha value is -0.980. The summed E-state index contributed by atoms with van der Waals surface area (Å²) in [5.74, 6) is 0.000387. The first kappa shape index (κ1) is 15.4. The zero-order chi connectivity index (χ0) is 14.9. The van der Waals surface area contributed by atoms with Gasteiger partial charge in [0.05, 0.1) is 13.0 Å². The van der Waals surface area contributed by atoms with Crippen LogP contribution in [-0.2, 0) is 4.79 Å². The highest BCUT2D eigenvalue weighted by Gasteiger charge is 2.18. The number of carbonyl (C=O) groups excluding carboxylic acids is 1. The topological polar surface area (TPSA) is 49.9 Å². The number of H-pyrrole nitrogens is 1. The van der Waals surface area contributed by atoms with Gasteiger partial charge in [0, 0.05) is 16.4 Å². The smallest absolute Gasteiger partial charge is 0.266 e. The van der Waals surface area contributed by atoms with Crippen molar-refractivity contribution in [1.29, 1.82) is 0 Å². The SMILES string of the molecule is CC(C)(C)C(=O)/C=c1/[nH]c(=O)/c(=C/c2ccc(Br)s2)s1. The number of thiophene rings is 1. The van der Waals surface area contributed by atoms with Crippen LogP contribution in [0.4, 0.5) is 0 Å². The molecule has 0 aromatic carbocycles. The summed E-state index contributed by atoms with van der Waals surface area (Å²) < 4.78 is 2.22. The third kappa shape index (κ3) is 3.77. The molecule has 2 heterocycles. The predicted octanol–water partition coefficient (Wildman–Crippen LogP) is 2.48. The second kappa shape index (κ2) is 5.79. The van der Waals surface area contributed by atoms with Gasteiger partial charge < -0.3 is 4.98 Å². The molecule has 0 fully saturated rings. The molecular weight excluding hydrogens is 358 g/mol. The van der Waals surface area contributed by atoms with E-state index in [1.807, 2.05) is 39.0 Å². The van der Waals surface area contributed by atoms with E-state index in [1.54, 1.807) is 11.3 Å². The van der Waals surface area contributed by atoms with Gasteiger partial charge in [0.15, 0.2) is 5.78 Å². The van der Waals surface area contributed by atoms with Gasteiger partial charge in [-0.15, -0.1) is 22.7 Å². The average molecular weight is 372 g/mol. The number of thiazole rings is 1. The van der Waals surface area contributed by atoms with Crippen LogP contribution in [0, 0.1) is 5.41 Å². The van der Waals surface area contributed by atoms with E-state index in [-0.39, 0.29) is 11.3 Å². The Kier molecular flexibility index (Phi) is 4.46. The van der Waals surface area contributed by atoms with E-state index in [0.717, 1.165) is 8.66 Å². The molecule has 0 saturated heterocycles. The van der Waals surface area contributed by atoms with E-state index in [1.165, 1.54) is 17.4 Å². The standard InChI is InChI=1S/C14H14BrNO2S2/c1-14(2,3)10(17)7-12-16-13(18)9(20-12)6-8-4-5-11(15)19-8/h4-7H,1-3H3,(H,16,18)/b9-6-,12-7-. The number of aromatic amines is 1. The first-order chi connectivity index (χ1) is 9.25. The van der Waals surface area contributed by atoms with Gasteiger partial charge >= 0.3 is 0 Å². The van der Waals surface area contributed by atoms with Crippen LogP contribution in [0.3, 0.4) is 0 Å². The molecule has 0 saturated carbocycles. The summed E-state index contributed by atoms with van der Waals surface area (Å²) in [6, 6.07) is 3.88. The van der Waals surface area contributed by atoms with Crippen molar-refractivity contribution >= 4 is 56.5 Å². The molecule has 106 valence electrons. The van der Waals surface area contributed by atoms with Crippen molar-refractivity contribution in [2.75, 3.05) is 0 Å². The van der Waals surface area contributed by atoms with Crippen LogP contribution >= 0.6 is 38.6 Å². The van der Waals surface area contributed by atoms with Crippen molar-refractivity contribution in [2.24, 2.45) is 5.41 Å². The number of carbonyl (C=O) groups is 1. The van der Waals surface area contributed by atoms with Gasteiger partial charge in [-0.3, -0.25) is 9.59 Å². The van der Waals surface area contributed by atoms with Crippen LogP contribution in [0.2, 0.25) is 0 Å². The molecule has 0 radical (unpaired) electrons. The maximum atomic E-state index is 11.9. The number of Topliss-reactive ketones (excluding diaryl/α,β-unsaturated/α-hetero) is 1. The molecular formula is C14H14BrNO2S2. The largest absolute Gasteiger partial charge is 0.313 e. The van der Waals surface area contributed by atoms with Crippen LogP contribution in [0.5, 0.6) is 0 Å². The Bertz CT molecular complexity index is 805. The van der Waals surface area contributed by atoms with E-state index >= 15 is 0 Å². The number of hydrogen-bond acceptors (Lipinski definition) is 4. The second-order valence-corrected chi connectivity index (χ2v) is 8.91. The van der Waals surface area contributed by atoms with Crippen molar-refractivity contribution in [3.63, 3.8) is 0 Å². The van der Waals surface area contributed by atoms with Gasteiger partial charge in [-0.2, -0.15) is 0 Å². The van der Waals surface area contributed by atoms with Crippen molar-refractivity contribution in [1.82, 2.24) is 4.98 Å². The zero-order valence-corrected chi connectivity index (χ0v) is 14.5. The quantitative estimate of drug-likeness (QED) is 0.881. The number of ketones is 1. The molecule has 20 heavy (non-hydrogen) atoms. The third-order valence-corrected chi connectivity index (χ3v) is 5.08. The summed E-state index contributed by atoms with van der Waals surface area (Å²) in [5, 5.41) is 0. The predicted molar refractivity (Wildman–Crippen MR) is 88.7 cm³/mol. The summed E-state index contributed by atoms with van der Waals surface area (Å²) in [4.78, 5) is 27.5. The first-order valence-electron chi connectivity index (χ1n) is 5.98. The van der Waals surface area contributed by atoms with Gasteiger partial charge in [-0.25, -0.2) is 0 Å². The minimum atomic E-state index is -0.441. The molecule has 0 bridgehead atoms. The monoisotopic (exact) mass is 371 g/mol. The minimum Gasteiger partial charge on any atom is -0.313 e. The number of hydrogen-bond donors (Lipinski definition) is 1. The van der Waals surface area contributed by atoms with Crippen LogP contribution in [0.1, 0.15) is 25.6 Å². The molecule has 0 aliphatic carbocycles. The fourth-order valence-corrected chi connectivity index (χ4v) is 3.71. The van der Waals surface area contributed by atoms with E-state index in [0.29, 0.717) is 9.20 Å². The number of halogens is 1. The van der Waals surface area contributed by atoms with Crippen molar-refractivity contribution in [2.45, 2.75) is 20.8 Å². The lowest BCUT2D eigenvalue weighted by Gasteiger charge is -2.12. The lowest BCUT2D eigenvalue weighted by atomic mass is 9.91. The summed E-state index contributed by atoms with van der Waals surface area (Å²) in [6.45, 7) is 5.56. The number of nitrogens with one attached hydrogen (secondary N) is 1. The Morgan fingerprint density at radius 3 is 2.55 bits per heavy atom. The van der Waals surface area contributed by atoms with Crippen molar-refractivity contribution < 1.29 is 4.79 Å². The van der Waals surface area contributed by atoms with E-state index < -0.39 is 5.41 Å². The molecule has 0 aliphatic heterocycles. The van der Waals surface area contributed by atoms with Crippen LogP contribution in [0.15, 0.2) is 20.7 Å². The van der Waals surface area contributed by atoms with Crippen LogP contribution < -0.4 is 14.8 Å². The summed E-state index contributed by atoms with van der Waals surface area (Å²) >= 11 is 6.24. The van der Waals surface area contributed by atoms with Crippen LogP contribution in [0.25, 0.3) is 12.2 Å².